The Morgan fingerprint density at radius 2 is 1.74 bits per heavy atom. The molecular formula is C15H15NO3. The zero-order chi connectivity index (χ0) is 14.7. The molecule has 98 valence electrons. The van der Waals surface area contributed by atoms with Crippen molar-refractivity contribution in [3.63, 3.8) is 0 Å². The molecule has 0 fully saturated rings. The van der Waals surface area contributed by atoms with Crippen LogP contribution in [0.5, 0.6) is 0 Å². The number of benzene rings is 1. The molecular weight excluding hydrogens is 242 g/mol. The van der Waals surface area contributed by atoms with Crippen molar-refractivity contribution in [3.05, 3.63) is 89.7 Å². The SMILES string of the molecule is C=CC=C(C(=O)C=C)[N+](=O)[O-].C=Cc1ccccc1. The molecule has 1 aromatic rings. The van der Waals surface area contributed by atoms with Crippen molar-refractivity contribution in [2.75, 3.05) is 0 Å². The quantitative estimate of drug-likeness (QED) is 0.351. The lowest BCUT2D eigenvalue weighted by Crippen LogP contribution is -2.07. The number of carbonyl (C=O) groups excluding carboxylic acids is 1. The summed E-state index contributed by atoms with van der Waals surface area (Å²) in [5.74, 6) is -0.713. The van der Waals surface area contributed by atoms with Gasteiger partial charge in [0, 0.05) is 6.08 Å². The van der Waals surface area contributed by atoms with E-state index < -0.39 is 16.4 Å². The summed E-state index contributed by atoms with van der Waals surface area (Å²) >= 11 is 0. The Morgan fingerprint density at radius 1 is 1.16 bits per heavy atom. The maximum absolute atomic E-state index is 10.7. The van der Waals surface area contributed by atoms with Gasteiger partial charge in [0.1, 0.15) is 0 Å². The molecule has 19 heavy (non-hydrogen) atoms. The van der Waals surface area contributed by atoms with Gasteiger partial charge in [0.05, 0.1) is 4.92 Å². The smallest absolute Gasteiger partial charge is 0.282 e. The monoisotopic (exact) mass is 257 g/mol. The predicted octanol–water partition coefficient (Wildman–Crippen LogP) is 3.42. The molecule has 0 amide bonds. The van der Waals surface area contributed by atoms with Crippen LogP contribution in [0, 0.1) is 10.1 Å². The van der Waals surface area contributed by atoms with Crippen LogP contribution in [0.25, 0.3) is 6.08 Å². The lowest BCUT2D eigenvalue weighted by atomic mass is 10.2. The Bertz CT molecular complexity index is 501. The van der Waals surface area contributed by atoms with Gasteiger partial charge in [-0.1, -0.05) is 62.2 Å². The summed E-state index contributed by atoms with van der Waals surface area (Å²) in [5, 5.41) is 10.1. The van der Waals surface area contributed by atoms with E-state index >= 15 is 0 Å². The van der Waals surface area contributed by atoms with Gasteiger partial charge in [-0.15, -0.1) is 0 Å². The third-order valence-electron chi connectivity index (χ3n) is 1.95. The van der Waals surface area contributed by atoms with Gasteiger partial charge in [-0.3, -0.25) is 14.9 Å². The molecule has 0 bridgehead atoms. The molecule has 0 atom stereocenters. The average Bonchev–Trinajstić information content (AvgIpc) is 2.45. The highest BCUT2D eigenvalue weighted by molar-refractivity contribution is 6.01. The third kappa shape index (κ3) is 6.53. The molecule has 0 aliphatic heterocycles. The van der Waals surface area contributed by atoms with Gasteiger partial charge < -0.3 is 0 Å². The second kappa shape index (κ2) is 9.30. The first-order valence-corrected chi connectivity index (χ1v) is 5.38. The van der Waals surface area contributed by atoms with E-state index in [0.29, 0.717) is 0 Å². The first kappa shape index (κ1) is 16.2. The number of hydrogen-bond donors (Lipinski definition) is 0. The Hall–Kier alpha value is -2.75. The van der Waals surface area contributed by atoms with E-state index in [1.54, 1.807) is 0 Å². The molecule has 0 spiro atoms. The van der Waals surface area contributed by atoms with Crippen molar-refractivity contribution in [1.29, 1.82) is 0 Å². The van der Waals surface area contributed by atoms with Crippen molar-refractivity contribution in [2.45, 2.75) is 0 Å². The van der Waals surface area contributed by atoms with Gasteiger partial charge in [0.25, 0.3) is 5.78 Å². The standard InChI is InChI=1S/C8H8.C7H7NO3/c1-2-8-6-4-3-5-7-8;1-3-5-6(8(10)11)7(9)4-2/h2-7H,1H2;3-5H,1-2H2. The Kier molecular flexibility index (Phi) is 7.95. The zero-order valence-corrected chi connectivity index (χ0v) is 10.5. The normalized spacial score (nSPS) is 9.58. The Morgan fingerprint density at radius 3 is 2.05 bits per heavy atom. The first-order valence-electron chi connectivity index (χ1n) is 5.38. The maximum Gasteiger partial charge on any atom is 0.316 e. The molecule has 4 heteroatoms. The largest absolute Gasteiger partial charge is 0.316 e. The summed E-state index contributed by atoms with van der Waals surface area (Å²) in [6, 6.07) is 10.0. The minimum Gasteiger partial charge on any atom is -0.282 e. The number of nitrogens with zero attached hydrogens (tertiary/aromatic N) is 1. The molecule has 1 aromatic carbocycles. The number of nitro groups is 1. The van der Waals surface area contributed by atoms with Crippen LogP contribution in [0.1, 0.15) is 5.56 Å². The highest BCUT2D eigenvalue weighted by Crippen LogP contribution is 1.98. The lowest BCUT2D eigenvalue weighted by Gasteiger charge is -1.88. The van der Waals surface area contributed by atoms with Gasteiger partial charge >= 0.3 is 5.70 Å². The van der Waals surface area contributed by atoms with E-state index in [2.05, 4.69) is 19.7 Å². The van der Waals surface area contributed by atoms with Gasteiger partial charge in [-0.05, 0) is 11.6 Å². The maximum atomic E-state index is 10.7. The number of ketones is 1. The Labute approximate surface area is 112 Å². The van der Waals surface area contributed by atoms with Gasteiger partial charge in [-0.2, -0.15) is 0 Å². The van der Waals surface area contributed by atoms with E-state index in [1.807, 2.05) is 36.4 Å². The van der Waals surface area contributed by atoms with Crippen LogP contribution in [0.4, 0.5) is 0 Å². The summed E-state index contributed by atoms with van der Waals surface area (Å²) < 4.78 is 0. The van der Waals surface area contributed by atoms with Crippen LogP contribution in [0.3, 0.4) is 0 Å². The highest BCUT2D eigenvalue weighted by Gasteiger charge is 2.16. The molecule has 0 unspecified atom stereocenters. The number of allylic oxidation sites excluding steroid dienone is 3. The van der Waals surface area contributed by atoms with E-state index in [4.69, 9.17) is 0 Å². The lowest BCUT2D eigenvalue weighted by molar-refractivity contribution is -0.418. The van der Waals surface area contributed by atoms with Crippen molar-refractivity contribution >= 4 is 11.9 Å². The Balaban J connectivity index is 0.000000356. The number of hydrogen-bond acceptors (Lipinski definition) is 3. The summed E-state index contributed by atoms with van der Waals surface area (Å²) in [6.07, 6.45) is 4.93. The topological polar surface area (TPSA) is 60.2 Å². The van der Waals surface area contributed by atoms with Crippen LogP contribution < -0.4 is 0 Å². The van der Waals surface area contributed by atoms with Gasteiger partial charge in [-0.25, -0.2) is 0 Å². The van der Waals surface area contributed by atoms with Crippen LogP contribution in [0.15, 0.2) is 74.0 Å². The summed E-state index contributed by atoms with van der Waals surface area (Å²) in [4.78, 5) is 20.0. The zero-order valence-electron chi connectivity index (χ0n) is 10.5. The van der Waals surface area contributed by atoms with E-state index in [9.17, 15) is 14.9 Å². The van der Waals surface area contributed by atoms with Crippen molar-refractivity contribution < 1.29 is 9.72 Å². The second-order valence-corrected chi connectivity index (χ2v) is 3.23. The van der Waals surface area contributed by atoms with Gasteiger partial charge in [0.15, 0.2) is 0 Å². The fraction of sp³-hybridized carbons (Fsp3) is 0. The molecule has 0 radical (unpaired) electrons. The second-order valence-electron chi connectivity index (χ2n) is 3.23. The van der Waals surface area contributed by atoms with Crippen LogP contribution in [-0.4, -0.2) is 10.7 Å². The minimum absolute atomic E-state index is 0.519. The van der Waals surface area contributed by atoms with Crippen LogP contribution in [-0.2, 0) is 4.79 Å². The number of rotatable bonds is 5. The van der Waals surface area contributed by atoms with E-state index in [1.165, 1.54) is 11.6 Å². The van der Waals surface area contributed by atoms with Crippen LogP contribution >= 0.6 is 0 Å². The molecule has 4 nitrogen and oxygen atoms in total. The van der Waals surface area contributed by atoms with E-state index in [0.717, 1.165) is 12.2 Å². The molecule has 0 aromatic heterocycles. The molecule has 1 rings (SSSR count). The van der Waals surface area contributed by atoms with Crippen LogP contribution in [0.2, 0.25) is 0 Å². The first-order chi connectivity index (χ1) is 9.06. The minimum atomic E-state index is -0.772. The average molecular weight is 257 g/mol. The van der Waals surface area contributed by atoms with Crippen molar-refractivity contribution in [3.8, 4) is 0 Å². The molecule has 0 aliphatic rings. The number of carbonyl (C=O) groups is 1. The predicted molar refractivity (Wildman–Crippen MR) is 77.0 cm³/mol. The summed E-state index contributed by atoms with van der Waals surface area (Å²) in [6.45, 7) is 9.98. The highest BCUT2D eigenvalue weighted by atomic mass is 16.6. The molecule has 0 saturated heterocycles. The molecule has 0 heterocycles. The molecule has 0 N–H and O–H groups in total. The molecule has 0 aliphatic carbocycles. The third-order valence-corrected chi connectivity index (χ3v) is 1.95. The van der Waals surface area contributed by atoms with Crippen molar-refractivity contribution in [1.82, 2.24) is 0 Å². The summed E-state index contributed by atoms with van der Waals surface area (Å²) in [7, 11) is 0. The van der Waals surface area contributed by atoms with E-state index in [-0.39, 0.29) is 0 Å². The van der Waals surface area contributed by atoms with Gasteiger partial charge in [0.2, 0.25) is 0 Å². The fourth-order valence-corrected chi connectivity index (χ4v) is 1.04. The summed E-state index contributed by atoms with van der Waals surface area (Å²) in [5.41, 5.74) is 0.655. The fourth-order valence-electron chi connectivity index (χ4n) is 1.04. The molecule has 0 saturated carbocycles. The van der Waals surface area contributed by atoms with Crippen molar-refractivity contribution in [2.24, 2.45) is 0 Å².